The van der Waals surface area contributed by atoms with E-state index in [9.17, 15) is 8.78 Å². The summed E-state index contributed by atoms with van der Waals surface area (Å²) in [6.45, 7) is 0. The van der Waals surface area contributed by atoms with Crippen molar-refractivity contribution in [3.05, 3.63) is 35.4 Å². The number of nitrogen functional groups attached to an aromatic ring is 1. The molecule has 0 amide bonds. The summed E-state index contributed by atoms with van der Waals surface area (Å²) >= 11 is 3.24. The molecule has 0 unspecified atom stereocenters. The summed E-state index contributed by atoms with van der Waals surface area (Å²) in [6, 6.07) is 1.99. The normalized spacial score (nSPS) is 11.1. The molecular weight excluding hydrogens is 252 g/mol. The van der Waals surface area contributed by atoms with E-state index < -0.39 is 11.6 Å². The van der Waals surface area contributed by atoms with Gasteiger partial charge in [-0.3, -0.25) is 0 Å². The first kappa shape index (κ1) is 11.2. The van der Waals surface area contributed by atoms with Crippen molar-refractivity contribution in [3.63, 3.8) is 0 Å². The first-order chi connectivity index (χ1) is 6.65. The van der Waals surface area contributed by atoms with Crippen molar-refractivity contribution < 1.29 is 8.78 Å². The molecule has 1 aromatic carbocycles. The van der Waals surface area contributed by atoms with Gasteiger partial charge < -0.3 is 5.73 Å². The van der Waals surface area contributed by atoms with Crippen molar-refractivity contribution in [2.75, 3.05) is 11.1 Å². The van der Waals surface area contributed by atoms with Crippen LogP contribution in [0.1, 0.15) is 12.0 Å². The Bertz CT molecular complexity index is 350. The van der Waals surface area contributed by atoms with Crippen molar-refractivity contribution in [1.29, 1.82) is 0 Å². The van der Waals surface area contributed by atoms with Gasteiger partial charge in [0.2, 0.25) is 0 Å². The van der Waals surface area contributed by atoms with Crippen LogP contribution in [-0.2, 0) is 0 Å². The van der Waals surface area contributed by atoms with Crippen LogP contribution in [0.4, 0.5) is 14.5 Å². The van der Waals surface area contributed by atoms with Gasteiger partial charge >= 0.3 is 0 Å². The summed E-state index contributed by atoms with van der Waals surface area (Å²) in [5.41, 5.74) is 5.79. The van der Waals surface area contributed by atoms with Crippen molar-refractivity contribution in [2.24, 2.45) is 0 Å². The molecule has 1 rings (SSSR count). The number of halogens is 3. The van der Waals surface area contributed by atoms with Crippen LogP contribution >= 0.6 is 15.9 Å². The van der Waals surface area contributed by atoms with Crippen LogP contribution < -0.4 is 5.73 Å². The highest BCUT2D eigenvalue weighted by atomic mass is 79.9. The lowest BCUT2D eigenvalue weighted by atomic mass is 10.1. The van der Waals surface area contributed by atoms with Crippen molar-refractivity contribution >= 4 is 27.7 Å². The number of nitrogens with two attached hydrogens (primary N) is 1. The number of alkyl halides is 1. The van der Waals surface area contributed by atoms with Gasteiger partial charge in [-0.25, -0.2) is 8.78 Å². The molecule has 1 nitrogen and oxygen atoms in total. The van der Waals surface area contributed by atoms with Crippen LogP contribution in [0.3, 0.4) is 0 Å². The Morgan fingerprint density at radius 1 is 1.36 bits per heavy atom. The highest BCUT2D eigenvalue weighted by Crippen LogP contribution is 2.19. The molecule has 76 valence electrons. The summed E-state index contributed by atoms with van der Waals surface area (Å²) < 4.78 is 25.7. The molecule has 0 saturated heterocycles. The van der Waals surface area contributed by atoms with E-state index >= 15 is 0 Å². The van der Waals surface area contributed by atoms with E-state index in [0.29, 0.717) is 5.56 Å². The molecule has 0 aliphatic heterocycles. The van der Waals surface area contributed by atoms with E-state index in [1.165, 1.54) is 6.07 Å². The Hall–Kier alpha value is -0.900. The molecule has 0 aliphatic carbocycles. The zero-order valence-corrected chi connectivity index (χ0v) is 9.02. The predicted molar refractivity (Wildman–Crippen MR) is 58.2 cm³/mol. The Balaban J connectivity index is 2.96. The van der Waals surface area contributed by atoms with Gasteiger partial charge in [-0.15, -0.1) is 0 Å². The Morgan fingerprint density at radius 3 is 2.71 bits per heavy atom. The maximum Gasteiger partial charge on any atom is 0.149 e. The number of anilines is 1. The third kappa shape index (κ3) is 2.80. The quantitative estimate of drug-likeness (QED) is 0.656. The second kappa shape index (κ2) is 5.10. The first-order valence-electron chi connectivity index (χ1n) is 4.12. The van der Waals surface area contributed by atoms with Gasteiger partial charge in [-0.05, 0) is 12.5 Å². The molecule has 0 bridgehead atoms. The topological polar surface area (TPSA) is 26.0 Å². The number of hydrogen-bond donors (Lipinski definition) is 1. The number of rotatable bonds is 3. The average Bonchev–Trinajstić information content (AvgIpc) is 2.13. The summed E-state index contributed by atoms with van der Waals surface area (Å²) in [7, 11) is 0. The fourth-order valence-electron chi connectivity index (χ4n) is 1.02. The van der Waals surface area contributed by atoms with E-state index in [-0.39, 0.29) is 5.69 Å². The molecule has 0 heterocycles. The van der Waals surface area contributed by atoms with Crippen LogP contribution in [0.15, 0.2) is 18.2 Å². The molecule has 14 heavy (non-hydrogen) atoms. The van der Waals surface area contributed by atoms with Gasteiger partial charge in [0.1, 0.15) is 11.6 Å². The third-order valence-corrected chi connectivity index (χ3v) is 2.16. The zero-order valence-electron chi connectivity index (χ0n) is 7.43. The van der Waals surface area contributed by atoms with Crippen LogP contribution in [-0.4, -0.2) is 5.33 Å². The third-order valence-electron chi connectivity index (χ3n) is 1.70. The second-order valence-corrected chi connectivity index (χ2v) is 3.56. The lowest BCUT2D eigenvalue weighted by Gasteiger charge is -2.01. The maximum atomic E-state index is 12.9. The molecule has 0 atom stereocenters. The van der Waals surface area contributed by atoms with E-state index in [0.717, 1.165) is 17.8 Å². The minimum absolute atomic E-state index is 0.0165. The second-order valence-electron chi connectivity index (χ2n) is 2.77. The van der Waals surface area contributed by atoms with Gasteiger partial charge in [-0.2, -0.15) is 0 Å². The minimum atomic E-state index is -0.719. The maximum absolute atomic E-state index is 12.9. The molecule has 0 radical (unpaired) electrons. The number of allylic oxidation sites excluding steroid dienone is 1. The first-order valence-corrected chi connectivity index (χ1v) is 5.24. The van der Waals surface area contributed by atoms with Crippen molar-refractivity contribution in [1.82, 2.24) is 0 Å². The summed E-state index contributed by atoms with van der Waals surface area (Å²) in [5.74, 6) is -1.33. The van der Waals surface area contributed by atoms with E-state index in [1.807, 2.05) is 0 Å². The van der Waals surface area contributed by atoms with Crippen LogP contribution in [0.25, 0.3) is 6.08 Å². The standard InChI is InChI=1S/C10H10BrF2N/c11-4-2-1-3-7-5-8(12)6-9(13)10(7)14/h1,3,5-6H,2,4,14H2. The van der Waals surface area contributed by atoms with Gasteiger partial charge in [0, 0.05) is 17.0 Å². The van der Waals surface area contributed by atoms with Gasteiger partial charge in [0.25, 0.3) is 0 Å². The van der Waals surface area contributed by atoms with E-state index in [4.69, 9.17) is 5.73 Å². The van der Waals surface area contributed by atoms with Crippen LogP contribution in [0.2, 0.25) is 0 Å². The smallest absolute Gasteiger partial charge is 0.149 e. The predicted octanol–water partition coefficient (Wildman–Crippen LogP) is 3.35. The Morgan fingerprint density at radius 2 is 2.07 bits per heavy atom. The molecule has 1 aromatic rings. The fraction of sp³-hybridized carbons (Fsp3) is 0.200. The summed E-state index contributed by atoms with van der Waals surface area (Å²) in [5, 5.41) is 0.807. The molecular formula is C10H10BrF2N. The van der Waals surface area contributed by atoms with E-state index in [1.54, 1.807) is 12.2 Å². The molecule has 0 fully saturated rings. The lowest BCUT2D eigenvalue weighted by Crippen LogP contribution is -1.95. The highest BCUT2D eigenvalue weighted by Gasteiger charge is 2.04. The summed E-state index contributed by atoms with van der Waals surface area (Å²) in [6.07, 6.45) is 4.21. The van der Waals surface area contributed by atoms with Crippen molar-refractivity contribution in [2.45, 2.75) is 6.42 Å². The van der Waals surface area contributed by atoms with E-state index in [2.05, 4.69) is 15.9 Å². The zero-order chi connectivity index (χ0) is 10.6. The molecule has 0 aliphatic rings. The molecule has 2 N–H and O–H groups in total. The van der Waals surface area contributed by atoms with Crippen LogP contribution in [0, 0.1) is 11.6 Å². The van der Waals surface area contributed by atoms with Gasteiger partial charge in [-0.1, -0.05) is 28.1 Å². The van der Waals surface area contributed by atoms with Gasteiger partial charge in [0.05, 0.1) is 5.69 Å². The molecule has 0 saturated carbocycles. The minimum Gasteiger partial charge on any atom is -0.396 e. The molecule has 0 spiro atoms. The Labute approximate surface area is 89.7 Å². The highest BCUT2D eigenvalue weighted by molar-refractivity contribution is 9.09. The van der Waals surface area contributed by atoms with Crippen LogP contribution in [0.5, 0.6) is 0 Å². The molecule has 4 heteroatoms. The summed E-state index contributed by atoms with van der Waals surface area (Å²) in [4.78, 5) is 0. The fourth-order valence-corrected chi connectivity index (χ4v) is 1.28. The number of benzene rings is 1. The van der Waals surface area contributed by atoms with Crippen molar-refractivity contribution in [3.8, 4) is 0 Å². The SMILES string of the molecule is Nc1c(F)cc(F)cc1C=CCCBr. The molecule has 0 aromatic heterocycles. The lowest BCUT2D eigenvalue weighted by molar-refractivity contribution is 0.586. The Kier molecular flexibility index (Phi) is 4.07. The monoisotopic (exact) mass is 261 g/mol. The largest absolute Gasteiger partial charge is 0.396 e. The number of hydrogen-bond acceptors (Lipinski definition) is 1. The average molecular weight is 262 g/mol. The van der Waals surface area contributed by atoms with Gasteiger partial charge in [0.15, 0.2) is 0 Å².